The molecule has 2 rings (SSSR count). The molecule has 0 spiro atoms. The van der Waals surface area contributed by atoms with Crippen LogP contribution in [0.15, 0.2) is 12.1 Å². The maximum Gasteiger partial charge on any atom is 0.306 e. The number of rotatable bonds is 11. The summed E-state index contributed by atoms with van der Waals surface area (Å²) in [6.07, 6.45) is 3.91. The van der Waals surface area contributed by atoms with E-state index in [-0.39, 0.29) is 23.0 Å². The molecule has 0 aliphatic carbocycles. The number of benzene rings is 1. The van der Waals surface area contributed by atoms with Crippen LogP contribution in [0.3, 0.4) is 0 Å². The van der Waals surface area contributed by atoms with Gasteiger partial charge in [-0.1, -0.05) is 19.5 Å². The number of hydrogen-bond acceptors (Lipinski definition) is 7. The maximum atomic E-state index is 12.3. The van der Waals surface area contributed by atoms with E-state index in [0.29, 0.717) is 12.2 Å². The SMILES string of the molecule is COc1cc(C(C)OC(=O)CCCC[Si](C)(C)N2CCCC2)c([N+](=O)[O-])cc1OC. The minimum Gasteiger partial charge on any atom is -0.493 e. The molecular weight excluding hydrogens is 404 g/mol. The van der Waals surface area contributed by atoms with Gasteiger partial charge in [0.25, 0.3) is 5.69 Å². The predicted molar refractivity (Wildman–Crippen MR) is 118 cm³/mol. The summed E-state index contributed by atoms with van der Waals surface area (Å²) in [4.78, 5) is 23.3. The lowest BCUT2D eigenvalue weighted by Crippen LogP contribution is -2.46. The number of nitrogens with zero attached hydrogens (tertiary/aromatic N) is 2. The molecule has 1 atom stereocenters. The second-order valence-corrected chi connectivity index (χ2v) is 13.1. The number of esters is 1. The monoisotopic (exact) mass is 438 g/mol. The Hall–Kier alpha value is -2.13. The van der Waals surface area contributed by atoms with Crippen molar-refractivity contribution in [3.63, 3.8) is 0 Å². The van der Waals surface area contributed by atoms with Gasteiger partial charge in [0.05, 0.1) is 30.8 Å². The molecule has 1 aromatic carbocycles. The Kier molecular flexibility index (Phi) is 8.66. The van der Waals surface area contributed by atoms with E-state index in [9.17, 15) is 14.9 Å². The lowest BCUT2D eigenvalue weighted by Gasteiger charge is -2.33. The fourth-order valence-corrected chi connectivity index (χ4v) is 6.95. The molecule has 0 amide bonds. The first kappa shape index (κ1) is 24.1. The van der Waals surface area contributed by atoms with E-state index < -0.39 is 19.3 Å². The van der Waals surface area contributed by atoms with Gasteiger partial charge in [-0.15, -0.1) is 0 Å². The van der Waals surface area contributed by atoms with Crippen LogP contribution in [0.4, 0.5) is 5.69 Å². The second kappa shape index (κ2) is 10.8. The summed E-state index contributed by atoms with van der Waals surface area (Å²) in [6.45, 7) is 8.85. The van der Waals surface area contributed by atoms with Gasteiger partial charge in [0.15, 0.2) is 11.5 Å². The van der Waals surface area contributed by atoms with Gasteiger partial charge < -0.3 is 18.8 Å². The van der Waals surface area contributed by atoms with Crippen LogP contribution in [0.5, 0.6) is 11.5 Å². The molecule has 0 aromatic heterocycles. The zero-order valence-electron chi connectivity index (χ0n) is 18.7. The number of methoxy groups -OCH3 is 2. The fraction of sp³-hybridized carbons (Fsp3) is 0.667. The van der Waals surface area contributed by atoms with E-state index in [4.69, 9.17) is 14.2 Å². The number of hydrogen-bond donors (Lipinski definition) is 0. The highest BCUT2D eigenvalue weighted by molar-refractivity contribution is 6.74. The van der Waals surface area contributed by atoms with Gasteiger partial charge in [0, 0.05) is 6.42 Å². The van der Waals surface area contributed by atoms with Crippen LogP contribution < -0.4 is 9.47 Å². The van der Waals surface area contributed by atoms with Crippen LogP contribution in [-0.2, 0) is 9.53 Å². The van der Waals surface area contributed by atoms with Crippen molar-refractivity contribution >= 4 is 19.9 Å². The molecule has 168 valence electrons. The molecule has 0 bridgehead atoms. The molecule has 0 saturated carbocycles. The highest BCUT2D eigenvalue weighted by Crippen LogP contribution is 2.38. The molecule has 30 heavy (non-hydrogen) atoms. The highest BCUT2D eigenvalue weighted by Gasteiger charge is 2.31. The summed E-state index contributed by atoms with van der Waals surface area (Å²) in [6, 6.07) is 3.96. The summed E-state index contributed by atoms with van der Waals surface area (Å²) < 4.78 is 18.5. The van der Waals surface area contributed by atoms with Crippen molar-refractivity contribution in [2.75, 3.05) is 27.3 Å². The summed E-state index contributed by atoms with van der Waals surface area (Å²) in [7, 11) is 1.48. The van der Waals surface area contributed by atoms with Crippen molar-refractivity contribution in [2.24, 2.45) is 0 Å². The number of carbonyl (C=O) groups excluding carboxylic acids is 1. The van der Waals surface area contributed by atoms with E-state index in [2.05, 4.69) is 17.7 Å². The van der Waals surface area contributed by atoms with Gasteiger partial charge in [-0.2, -0.15) is 0 Å². The topological polar surface area (TPSA) is 91.1 Å². The Morgan fingerprint density at radius 1 is 1.17 bits per heavy atom. The third-order valence-corrected chi connectivity index (χ3v) is 9.59. The number of carbonyl (C=O) groups is 1. The van der Waals surface area contributed by atoms with Crippen LogP contribution in [0.2, 0.25) is 19.1 Å². The predicted octanol–water partition coefficient (Wildman–Crippen LogP) is 4.69. The molecule has 8 nitrogen and oxygen atoms in total. The number of unbranched alkanes of at least 4 members (excludes halogenated alkanes) is 1. The zero-order valence-corrected chi connectivity index (χ0v) is 19.7. The number of ether oxygens (including phenoxy) is 3. The number of nitro groups is 1. The molecule has 0 radical (unpaired) electrons. The molecule has 9 heteroatoms. The van der Waals surface area contributed by atoms with Crippen LogP contribution in [0.1, 0.15) is 50.7 Å². The van der Waals surface area contributed by atoms with Crippen LogP contribution >= 0.6 is 0 Å². The van der Waals surface area contributed by atoms with E-state index in [1.54, 1.807) is 6.92 Å². The molecule has 1 aromatic rings. The van der Waals surface area contributed by atoms with Crippen molar-refractivity contribution in [3.8, 4) is 11.5 Å². The van der Waals surface area contributed by atoms with Crippen LogP contribution in [0, 0.1) is 10.1 Å². The van der Waals surface area contributed by atoms with Crippen molar-refractivity contribution in [1.29, 1.82) is 0 Å². The van der Waals surface area contributed by atoms with E-state index >= 15 is 0 Å². The summed E-state index contributed by atoms with van der Waals surface area (Å²) in [5.74, 6) is 0.276. The first-order valence-electron chi connectivity index (χ1n) is 10.5. The Morgan fingerprint density at radius 3 is 2.33 bits per heavy atom. The summed E-state index contributed by atoms with van der Waals surface area (Å²) in [5.41, 5.74) is 0.125. The molecule has 1 unspecified atom stereocenters. The normalized spacial score (nSPS) is 15.6. The molecule has 0 N–H and O–H groups in total. The van der Waals surface area contributed by atoms with Gasteiger partial charge in [0.1, 0.15) is 14.3 Å². The average Bonchev–Trinajstić information content (AvgIpc) is 3.26. The minimum atomic E-state index is -1.39. The smallest absolute Gasteiger partial charge is 0.306 e. The van der Waals surface area contributed by atoms with E-state index in [1.807, 2.05) is 0 Å². The molecular formula is C21H34N2O6Si. The van der Waals surface area contributed by atoms with Gasteiger partial charge in [-0.3, -0.25) is 14.9 Å². The number of nitro benzene ring substituents is 1. The third kappa shape index (κ3) is 6.18. The molecule has 1 fully saturated rings. The molecule has 1 aliphatic rings. The minimum absolute atomic E-state index is 0.161. The van der Waals surface area contributed by atoms with Crippen LogP contribution in [-0.4, -0.2) is 51.0 Å². The lowest BCUT2D eigenvalue weighted by molar-refractivity contribution is -0.386. The molecule has 1 aliphatic heterocycles. The van der Waals surface area contributed by atoms with Gasteiger partial charge in [-0.25, -0.2) is 0 Å². The summed E-state index contributed by atoms with van der Waals surface area (Å²) in [5, 5.41) is 11.5. The Labute approximate surface area is 179 Å². The van der Waals surface area contributed by atoms with E-state index in [0.717, 1.165) is 18.9 Å². The lowest BCUT2D eigenvalue weighted by atomic mass is 10.1. The van der Waals surface area contributed by atoms with Gasteiger partial charge in [-0.05, 0) is 51.4 Å². The first-order valence-corrected chi connectivity index (χ1v) is 13.7. The molecule has 1 saturated heterocycles. The Morgan fingerprint density at radius 2 is 1.77 bits per heavy atom. The largest absolute Gasteiger partial charge is 0.493 e. The Bertz CT molecular complexity index is 749. The van der Waals surface area contributed by atoms with Gasteiger partial charge >= 0.3 is 5.97 Å². The highest BCUT2D eigenvalue weighted by atomic mass is 28.3. The summed E-state index contributed by atoms with van der Waals surface area (Å²) >= 11 is 0. The van der Waals surface area contributed by atoms with Gasteiger partial charge in [0.2, 0.25) is 0 Å². The first-order chi connectivity index (χ1) is 14.2. The second-order valence-electron chi connectivity index (χ2n) is 8.37. The van der Waals surface area contributed by atoms with Crippen molar-refractivity contribution < 1.29 is 23.9 Å². The van der Waals surface area contributed by atoms with Crippen molar-refractivity contribution in [1.82, 2.24) is 4.57 Å². The van der Waals surface area contributed by atoms with Crippen molar-refractivity contribution in [2.45, 2.75) is 64.3 Å². The Balaban J connectivity index is 1.91. The zero-order chi connectivity index (χ0) is 22.3. The quantitative estimate of drug-likeness (QED) is 0.163. The fourth-order valence-electron chi connectivity index (χ4n) is 3.99. The van der Waals surface area contributed by atoms with Crippen molar-refractivity contribution in [3.05, 3.63) is 27.8 Å². The maximum absolute atomic E-state index is 12.3. The van der Waals surface area contributed by atoms with Crippen LogP contribution in [0.25, 0.3) is 0 Å². The third-order valence-electron chi connectivity index (χ3n) is 5.86. The molecule has 1 heterocycles. The average molecular weight is 439 g/mol. The van der Waals surface area contributed by atoms with E-state index in [1.165, 1.54) is 52.3 Å². The standard InChI is InChI=1S/C21H34N2O6Si/c1-16(17-14-19(27-2)20(28-3)15-18(17)23(25)26)29-21(24)10-6-9-13-30(4,5)22-11-7-8-12-22/h14-16H,6-13H2,1-5H3.